The minimum absolute atomic E-state index is 0. The van der Waals surface area contributed by atoms with Gasteiger partial charge in [0.1, 0.15) is 11.6 Å². The van der Waals surface area contributed by atoms with Gasteiger partial charge in [0.15, 0.2) is 0 Å². The first-order valence-electron chi connectivity index (χ1n) is 10.1. The fourth-order valence-corrected chi connectivity index (χ4v) is 4.35. The fraction of sp³-hybridized carbons (Fsp3) is 0.269. The van der Waals surface area contributed by atoms with Gasteiger partial charge in [0.05, 0.1) is 6.42 Å². The monoisotopic (exact) mass is 591 g/mol. The van der Waals surface area contributed by atoms with E-state index < -0.39 is 0 Å². The molecule has 0 aromatic heterocycles. The standard InChI is InChI=1S/C21H18N2.C5H8O2.Ir/c1-21(2)16-9-6-10-18-20(16)23(13-22(18)3)19-12-15-8-5-4-7-14(15)11-17(19)21;1-4(6)3-5(2)7;/h4-11,13H,1-3H3;3H2,1-2H3;/q-2;;. The molecule has 0 bridgehead atoms. The number of hydrogen-bond donors (Lipinski definition) is 0. The molecule has 0 N–H and O–H groups in total. The second kappa shape index (κ2) is 8.56. The van der Waals surface area contributed by atoms with Crippen LogP contribution in [0.4, 0.5) is 17.1 Å². The Morgan fingerprint density at radius 1 is 1.00 bits per heavy atom. The van der Waals surface area contributed by atoms with E-state index in [1.165, 1.54) is 52.8 Å². The molecule has 0 amide bonds. The van der Waals surface area contributed by atoms with E-state index >= 15 is 0 Å². The zero-order valence-corrected chi connectivity index (χ0v) is 20.8. The summed E-state index contributed by atoms with van der Waals surface area (Å²) in [7, 11) is 2.11. The van der Waals surface area contributed by atoms with Crippen LogP contribution in [0.5, 0.6) is 0 Å². The van der Waals surface area contributed by atoms with Crippen LogP contribution in [0.25, 0.3) is 10.8 Å². The molecule has 0 unspecified atom stereocenters. The molecule has 3 aromatic carbocycles. The molecule has 2 aliphatic heterocycles. The summed E-state index contributed by atoms with van der Waals surface area (Å²) in [6.07, 6.45) is 0.0833. The van der Waals surface area contributed by atoms with Crippen molar-refractivity contribution in [3.8, 4) is 0 Å². The number of rotatable bonds is 2. The Morgan fingerprint density at radius 2 is 1.68 bits per heavy atom. The van der Waals surface area contributed by atoms with Crippen LogP contribution in [-0.4, -0.2) is 18.6 Å². The molecule has 5 rings (SSSR count). The van der Waals surface area contributed by atoms with Crippen LogP contribution >= 0.6 is 0 Å². The van der Waals surface area contributed by atoms with Gasteiger partial charge in [0.2, 0.25) is 0 Å². The third-order valence-corrected chi connectivity index (χ3v) is 5.78. The molecule has 2 aliphatic rings. The number of Topliss-reactive ketones (excluding diaryl/α,β-unsaturated/α-hetero) is 2. The third-order valence-electron chi connectivity index (χ3n) is 5.78. The molecule has 3 aromatic rings. The van der Waals surface area contributed by atoms with Crippen molar-refractivity contribution in [2.24, 2.45) is 0 Å². The largest absolute Gasteiger partial charge is 0.504 e. The SMILES string of the molecule is CC(=O)CC(C)=O.CN1[CH-]N2c3[c-]c4ccccc4cc3C(C)(C)c3cccc1c32.[Ir]. The predicted molar refractivity (Wildman–Crippen MR) is 122 cm³/mol. The molecule has 0 atom stereocenters. The van der Waals surface area contributed by atoms with Gasteiger partial charge in [-0.15, -0.1) is 35.0 Å². The third kappa shape index (κ3) is 4.05. The van der Waals surface area contributed by atoms with E-state index in [2.05, 4.69) is 92.0 Å². The molecule has 0 aliphatic carbocycles. The maximum atomic E-state index is 10.0. The second-order valence-corrected chi connectivity index (χ2v) is 8.59. The van der Waals surface area contributed by atoms with E-state index in [1.807, 2.05) is 0 Å². The number of para-hydroxylation sites is 1. The van der Waals surface area contributed by atoms with Crippen LogP contribution in [-0.2, 0) is 35.1 Å². The zero-order valence-electron chi connectivity index (χ0n) is 18.4. The summed E-state index contributed by atoms with van der Waals surface area (Å²) < 4.78 is 0. The molecule has 31 heavy (non-hydrogen) atoms. The van der Waals surface area contributed by atoms with Crippen molar-refractivity contribution in [1.29, 1.82) is 0 Å². The van der Waals surface area contributed by atoms with Gasteiger partial charge in [-0.05, 0) is 37.9 Å². The van der Waals surface area contributed by atoms with Gasteiger partial charge in [0.25, 0.3) is 0 Å². The molecule has 1 radical (unpaired) electrons. The van der Waals surface area contributed by atoms with Crippen LogP contribution in [0, 0.1) is 12.7 Å². The summed E-state index contributed by atoms with van der Waals surface area (Å²) in [6.45, 7) is 9.62. The first-order valence-corrected chi connectivity index (χ1v) is 10.1. The molecule has 0 fully saturated rings. The first-order chi connectivity index (χ1) is 14.2. The van der Waals surface area contributed by atoms with Crippen LogP contribution in [0.3, 0.4) is 0 Å². The van der Waals surface area contributed by atoms with Crippen molar-refractivity contribution in [1.82, 2.24) is 0 Å². The first kappa shape index (κ1) is 23.2. The van der Waals surface area contributed by atoms with Crippen LogP contribution in [0.2, 0.25) is 0 Å². The quantitative estimate of drug-likeness (QED) is 0.291. The van der Waals surface area contributed by atoms with Gasteiger partial charge >= 0.3 is 0 Å². The maximum absolute atomic E-state index is 10.0. The minimum Gasteiger partial charge on any atom is -0.504 e. The topological polar surface area (TPSA) is 40.6 Å². The molecular weight excluding hydrogens is 565 g/mol. The van der Waals surface area contributed by atoms with Crippen molar-refractivity contribution in [2.75, 3.05) is 16.8 Å². The number of benzene rings is 3. The number of ketones is 2. The van der Waals surface area contributed by atoms with Crippen LogP contribution < -0.4 is 9.80 Å². The molecule has 163 valence electrons. The molecule has 0 saturated carbocycles. The molecule has 0 spiro atoms. The normalized spacial score (nSPS) is 14.7. The van der Waals surface area contributed by atoms with Crippen molar-refractivity contribution in [3.05, 3.63) is 72.4 Å². The number of fused-ring (bicyclic) bond motifs is 3. The molecule has 4 nitrogen and oxygen atoms in total. The van der Waals surface area contributed by atoms with Crippen LogP contribution in [0.1, 0.15) is 45.2 Å². The van der Waals surface area contributed by atoms with E-state index in [0.717, 1.165) is 0 Å². The molecule has 0 saturated heterocycles. The Balaban J connectivity index is 0.000000299. The Hall–Kier alpha value is -2.49. The number of carbonyl (C=O) groups excluding carboxylic acids is 2. The van der Waals surface area contributed by atoms with Crippen molar-refractivity contribution in [3.63, 3.8) is 0 Å². The number of carbonyl (C=O) groups is 2. The summed E-state index contributed by atoms with van der Waals surface area (Å²) in [5.74, 6) is -0.125. The van der Waals surface area contributed by atoms with E-state index in [-0.39, 0.29) is 43.5 Å². The Kier molecular flexibility index (Phi) is 6.40. The second-order valence-electron chi connectivity index (χ2n) is 8.59. The smallest absolute Gasteiger partial charge is 0.137 e. The van der Waals surface area contributed by atoms with Gasteiger partial charge in [-0.1, -0.05) is 49.4 Å². The summed E-state index contributed by atoms with van der Waals surface area (Å²) in [6, 6.07) is 21.1. The maximum Gasteiger partial charge on any atom is 0.137 e. The fourth-order valence-electron chi connectivity index (χ4n) is 4.35. The van der Waals surface area contributed by atoms with Gasteiger partial charge in [-0.3, -0.25) is 9.59 Å². The summed E-state index contributed by atoms with van der Waals surface area (Å²) in [4.78, 5) is 24.6. The van der Waals surface area contributed by atoms with E-state index in [9.17, 15) is 9.59 Å². The molecule has 2 heterocycles. The van der Waals surface area contributed by atoms with Gasteiger partial charge in [-0.25, -0.2) is 0 Å². The average Bonchev–Trinajstić information content (AvgIpc) is 3.02. The van der Waals surface area contributed by atoms with Crippen molar-refractivity contribution < 1.29 is 29.7 Å². The number of hydrogen-bond acceptors (Lipinski definition) is 4. The summed E-state index contributed by atoms with van der Waals surface area (Å²) >= 11 is 0. The zero-order chi connectivity index (χ0) is 21.6. The van der Waals surface area contributed by atoms with E-state index in [4.69, 9.17) is 0 Å². The summed E-state index contributed by atoms with van der Waals surface area (Å²) in [5, 5.41) is 2.43. The van der Waals surface area contributed by atoms with E-state index in [1.54, 1.807) is 0 Å². The Labute approximate surface area is 197 Å². The van der Waals surface area contributed by atoms with Gasteiger partial charge in [0, 0.05) is 31.5 Å². The predicted octanol–water partition coefficient (Wildman–Crippen LogP) is 5.54. The summed E-state index contributed by atoms with van der Waals surface area (Å²) in [5.41, 5.74) is 6.44. The van der Waals surface area contributed by atoms with Crippen molar-refractivity contribution >= 4 is 39.4 Å². The number of anilines is 3. The van der Waals surface area contributed by atoms with E-state index in [0.29, 0.717) is 0 Å². The molecular formula is C26H26IrN2O2-2. The Morgan fingerprint density at radius 3 is 2.32 bits per heavy atom. The molecule has 5 heteroatoms. The Bertz CT molecular complexity index is 1160. The van der Waals surface area contributed by atoms with Gasteiger partial charge in [-0.2, -0.15) is 6.67 Å². The minimum atomic E-state index is -0.0625. The number of nitrogens with zero attached hydrogens (tertiary/aromatic N) is 2. The van der Waals surface area contributed by atoms with Gasteiger partial charge < -0.3 is 9.80 Å². The average molecular weight is 591 g/mol. The van der Waals surface area contributed by atoms with Crippen molar-refractivity contribution in [2.45, 2.75) is 39.5 Å². The van der Waals surface area contributed by atoms with Crippen LogP contribution in [0.15, 0.2) is 48.5 Å².